The van der Waals surface area contributed by atoms with Crippen molar-refractivity contribution in [2.75, 3.05) is 0 Å². The van der Waals surface area contributed by atoms with E-state index in [2.05, 4.69) is 35.0 Å². The highest BCUT2D eigenvalue weighted by Gasteiger charge is 2.25. The van der Waals surface area contributed by atoms with Gasteiger partial charge in [-0.25, -0.2) is 0 Å². The van der Waals surface area contributed by atoms with Gasteiger partial charge in [0.1, 0.15) is 0 Å². The molecule has 1 aliphatic carbocycles. The normalized spacial score (nSPS) is 23.0. The van der Waals surface area contributed by atoms with E-state index in [1.807, 2.05) is 0 Å². The lowest BCUT2D eigenvalue weighted by Gasteiger charge is -2.27. The van der Waals surface area contributed by atoms with Crippen LogP contribution in [0.3, 0.4) is 0 Å². The maximum absolute atomic E-state index is 10.9. The van der Waals surface area contributed by atoms with Crippen molar-refractivity contribution in [3.63, 3.8) is 0 Å². The fourth-order valence-electron chi connectivity index (χ4n) is 2.93. The number of hydrogen-bond donors (Lipinski definition) is 2. The van der Waals surface area contributed by atoms with Crippen molar-refractivity contribution < 1.29 is 9.90 Å². The zero-order valence-corrected chi connectivity index (χ0v) is 12.2. The van der Waals surface area contributed by atoms with Gasteiger partial charge in [-0.2, -0.15) is 0 Å². The van der Waals surface area contributed by atoms with Crippen LogP contribution in [0.5, 0.6) is 0 Å². The van der Waals surface area contributed by atoms with Crippen LogP contribution in [-0.4, -0.2) is 17.1 Å². The third-order valence-corrected chi connectivity index (χ3v) is 5.09. The number of nitrogens with one attached hydrogen (secondary N) is 1. The number of carboxylic acid groups (broad SMARTS) is 1. The second kappa shape index (κ2) is 5.94. The van der Waals surface area contributed by atoms with Crippen molar-refractivity contribution in [3.8, 4) is 0 Å². The molecule has 0 aliphatic heterocycles. The molecule has 3 nitrogen and oxygen atoms in total. The fraction of sp³-hybridized carbons (Fsp3) is 0.438. The van der Waals surface area contributed by atoms with Crippen LogP contribution in [0.2, 0.25) is 0 Å². The number of hydrogen-bond acceptors (Lipinski definition) is 3. The third kappa shape index (κ3) is 3.02. The molecule has 1 aromatic heterocycles. The van der Waals surface area contributed by atoms with Gasteiger partial charge in [0.2, 0.25) is 0 Å². The van der Waals surface area contributed by atoms with Gasteiger partial charge in [-0.3, -0.25) is 4.79 Å². The maximum atomic E-state index is 10.9. The Kier molecular flexibility index (Phi) is 4.03. The molecule has 2 aromatic rings. The summed E-state index contributed by atoms with van der Waals surface area (Å²) in [6.07, 6.45) is 3.54. The molecule has 20 heavy (non-hydrogen) atoms. The molecule has 0 spiro atoms. The molecule has 106 valence electrons. The number of carbonyl (C=O) groups is 1. The summed E-state index contributed by atoms with van der Waals surface area (Å²) in [7, 11) is 0. The Morgan fingerprint density at radius 1 is 1.25 bits per heavy atom. The maximum Gasteiger partial charge on any atom is 0.306 e. The molecule has 0 saturated heterocycles. The Morgan fingerprint density at radius 3 is 2.80 bits per heavy atom. The zero-order valence-electron chi connectivity index (χ0n) is 11.3. The second-order valence-corrected chi connectivity index (χ2v) is 6.51. The van der Waals surface area contributed by atoms with Crippen LogP contribution in [0.15, 0.2) is 29.6 Å². The average molecular weight is 289 g/mol. The van der Waals surface area contributed by atoms with Crippen LogP contribution in [0.4, 0.5) is 0 Å². The molecule has 0 unspecified atom stereocenters. The van der Waals surface area contributed by atoms with Gasteiger partial charge in [0.05, 0.1) is 5.92 Å². The van der Waals surface area contributed by atoms with Crippen LogP contribution in [0.1, 0.15) is 31.2 Å². The first kappa shape index (κ1) is 13.6. The molecule has 1 saturated carbocycles. The Morgan fingerprint density at radius 2 is 2.05 bits per heavy atom. The van der Waals surface area contributed by atoms with Gasteiger partial charge in [-0.15, -0.1) is 11.3 Å². The molecule has 1 heterocycles. The monoisotopic (exact) mass is 289 g/mol. The fourth-order valence-corrected chi connectivity index (χ4v) is 3.70. The molecular formula is C16H19NO2S. The summed E-state index contributed by atoms with van der Waals surface area (Å²) in [5, 5.41) is 16.0. The summed E-state index contributed by atoms with van der Waals surface area (Å²) in [5.41, 5.74) is 1.30. The van der Waals surface area contributed by atoms with Crippen molar-refractivity contribution in [1.29, 1.82) is 0 Å². The summed E-state index contributed by atoms with van der Waals surface area (Å²) in [6.45, 7) is 0.869. The molecule has 2 N–H and O–H groups in total. The highest BCUT2D eigenvalue weighted by molar-refractivity contribution is 7.17. The first-order valence-electron chi connectivity index (χ1n) is 7.15. The van der Waals surface area contributed by atoms with Crippen molar-refractivity contribution in [3.05, 3.63) is 35.2 Å². The molecule has 0 amide bonds. The zero-order chi connectivity index (χ0) is 13.9. The van der Waals surface area contributed by atoms with Crippen molar-refractivity contribution in [2.45, 2.75) is 38.3 Å². The summed E-state index contributed by atoms with van der Waals surface area (Å²) >= 11 is 1.77. The smallest absolute Gasteiger partial charge is 0.306 e. The van der Waals surface area contributed by atoms with Gasteiger partial charge < -0.3 is 10.4 Å². The molecule has 4 heteroatoms. The standard InChI is InChI=1S/C16H19NO2S/c18-16(19)12-2-4-14(5-3-12)17-10-11-1-6-15-13(9-11)7-8-20-15/h1,6-9,12,14,17H,2-5,10H2,(H,18,19). The Hall–Kier alpha value is -1.39. The van der Waals surface area contributed by atoms with Gasteiger partial charge in [-0.1, -0.05) is 6.07 Å². The summed E-state index contributed by atoms with van der Waals surface area (Å²) in [6, 6.07) is 9.21. The largest absolute Gasteiger partial charge is 0.481 e. The van der Waals surface area contributed by atoms with Crippen LogP contribution >= 0.6 is 11.3 Å². The Bertz CT molecular complexity index is 599. The topological polar surface area (TPSA) is 49.3 Å². The summed E-state index contributed by atoms with van der Waals surface area (Å²) in [4.78, 5) is 10.9. The van der Waals surface area contributed by atoms with E-state index in [9.17, 15) is 4.79 Å². The van der Waals surface area contributed by atoms with E-state index in [-0.39, 0.29) is 5.92 Å². The SMILES string of the molecule is O=C(O)C1CCC(NCc2ccc3sccc3c2)CC1. The molecule has 1 aromatic carbocycles. The van der Waals surface area contributed by atoms with Crippen molar-refractivity contribution >= 4 is 27.4 Å². The van der Waals surface area contributed by atoms with Gasteiger partial charge in [-0.05, 0) is 60.2 Å². The van der Waals surface area contributed by atoms with Gasteiger partial charge in [0, 0.05) is 17.3 Å². The third-order valence-electron chi connectivity index (χ3n) is 4.19. The first-order chi connectivity index (χ1) is 9.72. The molecule has 1 aliphatic rings. The van der Waals surface area contributed by atoms with Crippen LogP contribution < -0.4 is 5.32 Å². The van der Waals surface area contributed by atoms with Gasteiger partial charge in [0.25, 0.3) is 0 Å². The molecule has 0 atom stereocenters. The second-order valence-electron chi connectivity index (χ2n) is 5.56. The minimum Gasteiger partial charge on any atom is -0.481 e. The van der Waals surface area contributed by atoms with E-state index in [4.69, 9.17) is 5.11 Å². The lowest BCUT2D eigenvalue weighted by atomic mass is 9.86. The molecular weight excluding hydrogens is 270 g/mol. The number of thiophene rings is 1. The van der Waals surface area contributed by atoms with E-state index in [0.717, 1.165) is 32.2 Å². The lowest BCUT2D eigenvalue weighted by molar-refractivity contribution is -0.142. The molecule has 0 radical (unpaired) electrons. The number of carboxylic acids is 1. The van der Waals surface area contributed by atoms with E-state index in [0.29, 0.717) is 6.04 Å². The van der Waals surface area contributed by atoms with Crippen molar-refractivity contribution in [2.24, 2.45) is 5.92 Å². The summed E-state index contributed by atoms with van der Waals surface area (Å²) in [5.74, 6) is -0.762. The van der Waals surface area contributed by atoms with Gasteiger partial charge in [0.15, 0.2) is 0 Å². The van der Waals surface area contributed by atoms with E-state index in [1.165, 1.54) is 15.6 Å². The first-order valence-corrected chi connectivity index (χ1v) is 8.02. The lowest BCUT2D eigenvalue weighted by Crippen LogP contribution is -2.34. The molecule has 1 fully saturated rings. The van der Waals surface area contributed by atoms with Gasteiger partial charge >= 0.3 is 5.97 Å². The summed E-state index contributed by atoms with van der Waals surface area (Å²) < 4.78 is 1.33. The van der Waals surface area contributed by atoms with Crippen molar-refractivity contribution in [1.82, 2.24) is 5.32 Å². The minimum atomic E-state index is -0.633. The minimum absolute atomic E-state index is 0.129. The van der Waals surface area contributed by atoms with E-state index < -0.39 is 5.97 Å². The van der Waals surface area contributed by atoms with Crippen LogP contribution in [0, 0.1) is 5.92 Å². The average Bonchev–Trinajstić information content (AvgIpc) is 2.93. The number of aliphatic carboxylic acids is 1. The van der Waals surface area contributed by atoms with Crippen LogP contribution in [-0.2, 0) is 11.3 Å². The highest BCUT2D eigenvalue weighted by atomic mass is 32.1. The quantitative estimate of drug-likeness (QED) is 0.903. The molecule has 3 rings (SSSR count). The number of fused-ring (bicyclic) bond motifs is 1. The van der Waals surface area contributed by atoms with E-state index in [1.54, 1.807) is 11.3 Å². The Balaban J connectivity index is 1.53. The molecule has 0 bridgehead atoms. The van der Waals surface area contributed by atoms with Crippen LogP contribution in [0.25, 0.3) is 10.1 Å². The number of benzene rings is 1. The predicted octanol–water partition coefficient (Wildman–Crippen LogP) is 3.63. The Labute approximate surface area is 122 Å². The van der Waals surface area contributed by atoms with E-state index >= 15 is 0 Å². The predicted molar refractivity (Wildman–Crippen MR) is 82.0 cm³/mol. The number of rotatable bonds is 4. The highest BCUT2D eigenvalue weighted by Crippen LogP contribution is 2.25.